The molecule has 0 radical (unpaired) electrons. The molecule has 0 atom stereocenters. The summed E-state index contributed by atoms with van der Waals surface area (Å²) in [5.41, 5.74) is 7.93. The average Bonchev–Trinajstić information content (AvgIpc) is 2.60. The van der Waals surface area contributed by atoms with Gasteiger partial charge in [0.1, 0.15) is 5.82 Å². The lowest BCUT2D eigenvalue weighted by Crippen LogP contribution is -2.48. The fraction of sp³-hybridized carbons (Fsp3) is 0.438. The van der Waals surface area contributed by atoms with Gasteiger partial charge in [-0.15, -0.1) is 0 Å². The number of rotatable bonds is 3. The van der Waals surface area contributed by atoms with Crippen molar-refractivity contribution in [3.63, 3.8) is 0 Å². The number of nitrogens with two attached hydrogens (primary N) is 1. The number of nitrogen functional groups attached to an aromatic ring is 1. The van der Waals surface area contributed by atoms with Crippen molar-refractivity contribution in [3.05, 3.63) is 23.3 Å². The number of benzene rings is 1. The van der Waals surface area contributed by atoms with Gasteiger partial charge in [-0.1, -0.05) is 0 Å². The number of nitrogens with zero attached hydrogens (tertiary/aromatic N) is 4. The highest BCUT2D eigenvalue weighted by atomic mass is 16.3. The normalized spacial score (nSPS) is 15.1. The number of hydrogen-bond donors (Lipinski definition) is 3. The van der Waals surface area contributed by atoms with Gasteiger partial charge < -0.3 is 25.7 Å². The summed E-state index contributed by atoms with van der Waals surface area (Å²) in [5.74, 6) is 0.921. The van der Waals surface area contributed by atoms with E-state index in [1.54, 1.807) is 24.0 Å². The Balaban J connectivity index is 1.94. The van der Waals surface area contributed by atoms with E-state index in [0.717, 1.165) is 0 Å². The van der Waals surface area contributed by atoms with E-state index in [9.17, 15) is 15.0 Å². The van der Waals surface area contributed by atoms with E-state index in [2.05, 4.69) is 9.97 Å². The molecule has 1 aromatic heterocycles. The number of carbonyl (C=O) groups is 1. The molecule has 0 bridgehead atoms. The maximum atomic E-state index is 11.4. The van der Waals surface area contributed by atoms with Crippen LogP contribution in [0.15, 0.2) is 12.1 Å². The summed E-state index contributed by atoms with van der Waals surface area (Å²) >= 11 is 0. The Morgan fingerprint density at radius 1 is 1.12 bits per heavy atom. The highest BCUT2D eigenvalue weighted by Gasteiger charge is 2.21. The minimum Gasteiger partial charge on any atom is -0.392 e. The summed E-state index contributed by atoms with van der Waals surface area (Å²) in [7, 11) is 0. The van der Waals surface area contributed by atoms with Crippen LogP contribution in [0.4, 0.5) is 11.8 Å². The molecule has 24 heavy (non-hydrogen) atoms. The van der Waals surface area contributed by atoms with Crippen molar-refractivity contribution in [1.82, 2.24) is 14.9 Å². The maximum absolute atomic E-state index is 11.4. The first-order valence-corrected chi connectivity index (χ1v) is 7.84. The Kier molecular flexibility index (Phi) is 4.50. The van der Waals surface area contributed by atoms with Gasteiger partial charge in [0.25, 0.3) is 0 Å². The van der Waals surface area contributed by atoms with Crippen molar-refractivity contribution < 1.29 is 15.0 Å². The maximum Gasteiger partial charge on any atom is 0.228 e. The standard InChI is InChI=1S/C16H21N5O3/c1-10(24)20-2-4-21(5-3-20)16-18-14-7-12(9-23)11(8-22)6-13(14)15(17)19-16/h6-7,22-23H,2-5,8-9H2,1H3,(H2,17,18,19). The van der Waals surface area contributed by atoms with Crippen molar-refractivity contribution in [2.75, 3.05) is 36.8 Å². The monoisotopic (exact) mass is 331 g/mol. The molecule has 1 aliphatic heterocycles. The van der Waals surface area contributed by atoms with Crippen LogP contribution in [0.1, 0.15) is 18.1 Å². The Hall–Kier alpha value is -2.45. The van der Waals surface area contributed by atoms with E-state index in [1.165, 1.54) is 0 Å². The molecule has 1 saturated heterocycles. The number of aliphatic hydroxyl groups excluding tert-OH is 2. The molecule has 4 N–H and O–H groups in total. The molecule has 8 heteroatoms. The summed E-state index contributed by atoms with van der Waals surface area (Å²) in [6.45, 7) is 3.75. The van der Waals surface area contributed by atoms with Crippen LogP contribution in [-0.4, -0.2) is 57.2 Å². The van der Waals surface area contributed by atoms with E-state index in [1.807, 2.05) is 4.90 Å². The van der Waals surface area contributed by atoms with E-state index >= 15 is 0 Å². The minimum absolute atomic E-state index is 0.0673. The van der Waals surface area contributed by atoms with Crippen molar-refractivity contribution in [2.24, 2.45) is 0 Å². The minimum atomic E-state index is -0.181. The van der Waals surface area contributed by atoms with Gasteiger partial charge in [-0.2, -0.15) is 4.98 Å². The van der Waals surface area contributed by atoms with Crippen molar-refractivity contribution in [3.8, 4) is 0 Å². The molecule has 0 saturated carbocycles. The van der Waals surface area contributed by atoms with Gasteiger partial charge in [0, 0.05) is 38.5 Å². The smallest absolute Gasteiger partial charge is 0.228 e. The summed E-state index contributed by atoms with van der Waals surface area (Å²) in [4.78, 5) is 24.1. The van der Waals surface area contributed by atoms with Gasteiger partial charge in [-0.25, -0.2) is 4.98 Å². The molecule has 1 aliphatic rings. The van der Waals surface area contributed by atoms with Crippen LogP contribution >= 0.6 is 0 Å². The molecule has 0 spiro atoms. The van der Waals surface area contributed by atoms with Gasteiger partial charge in [0.2, 0.25) is 11.9 Å². The molecule has 2 aromatic rings. The van der Waals surface area contributed by atoms with Crippen molar-refractivity contribution in [1.29, 1.82) is 0 Å². The molecule has 1 fully saturated rings. The Bertz CT molecular complexity index is 772. The van der Waals surface area contributed by atoms with Crippen molar-refractivity contribution in [2.45, 2.75) is 20.1 Å². The zero-order valence-corrected chi connectivity index (χ0v) is 13.6. The van der Waals surface area contributed by atoms with Gasteiger partial charge in [0.15, 0.2) is 0 Å². The lowest BCUT2D eigenvalue weighted by molar-refractivity contribution is -0.129. The first kappa shape index (κ1) is 16.4. The van der Waals surface area contributed by atoms with E-state index < -0.39 is 0 Å². The SMILES string of the molecule is CC(=O)N1CCN(c2nc(N)c3cc(CO)c(CO)cc3n2)CC1. The van der Waals surface area contributed by atoms with Gasteiger partial charge >= 0.3 is 0 Å². The summed E-state index contributed by atoms with van der Waals surface area (Å²) in [6, 6.07) is 3.45. The van der Waals surface area contributed by atoms with Crippen LogP contribution < -0.4 is 10.6 Å². The first-order valence-electron chi connectivity index (χ1n) is 7.84. The van der Waals surface area contributed by atoms with Gasteiger partial charge in [0.05, 0.1) is 18.7 Å². The van der Waals surface area contributed by atoms with Gasteiger partial charge in [-0.3, -0.25) is 4.79 Å². The number of amides is 1. The second-order valence-corrected chi connectivity index (χ2v) is 5.86. The van der Waals surface area contributed by atoms with Gasteiger partial charge in [-0.05, 0) is 23.3 Å². The third-order valence-electron chi connectivity index (χ3n) is 4.38. The molecule has 2 heterocycles. The molecule has 0 aliphatic carbocycles. The summed E-state index contributed by atoms with van der Waals surface area (Å²) in [5, 5.41) is 19.5. The third kappa shape index (κ3) is 2.98. The van der Waals surface area contributed by atoms with Crippen LogP contribution in [0.3, 0.4) is 0 Å². The Morgan fingerprint density at radius 3 is 2.33 bits per heavy atom. The van der Waals surface area contributed by atoms with Crippen molar-refractivity contribution >= 4 is 28.6 Å². The number of hydrogen-bond acceptors (Lipinski definition) is 7. The molecule has 3 rings (SSSR count). The lowest BCUT2D eigenvalue weighted by Gasteiger charge is -2.34. The molecule has 1 aromatic carbocycles. The second kappa shape index (κ2) is 6.58. The quantitative estimate of drug-likeness (QED) is 0.717. The topological polar surface area (TPSA) is 116 Å². The molecular formula is C16H21N5O3. The van der Waals surface area contributed by atoms with Crippen LogP contribution in [-0.2, 0) is 18.0 Å². The fourth-order valence-corrected chi connectivity index (χ4v) is 2.93. The first-order chi connectivity index (χ1) is 11.5. The summed E-state index contributed by atoms with van der Waals surface area (Å²) in [6.07, 6.45) is 0. The predicted octanol–water partition coefficient (Wildman–Crippen LogP) is -0.135. The third-order valence-corrected chi connectivity index (χ3v) is 4.38. The average molecular weight is 331 g/mol. The number of aromatic nitrogens is 2. The highest BCUT2D eigenvalue weighted by molar-refractivity contribution is 5.90. The van der Waals surface area contributed by atoms with Crippen LogP contribution in [0.2, 0.25) is 0 Å². The molecular weight excluding hydrogens is 310 g/mol. The number of piperazine rings is 1. The number of fused-ring (bicyclic) bond motifs is 1. The second-order valence-electron chi connectivity index (χ2n) is 5.86. The predicted molar refractivity (Wildman–Crippen MR) is 90.3 cm³/mol. The molecule has 1 amide bonds. The largest absolute Gasteiger partial charge is 0.392 e. The molecule has 8 nitrogen and oxygen atoms in total. The van der Waals surface area contributed by atoms with E-state index in [0.29, 0.717) is 60.0 Å². The number of aliphatic hydroxyl groups is 2. The zero-order valence-electron chi connectivity index (χ0n) is 13.6. The lowest BCUT2D eigenvalue weighted by atomic mass is 10.1. The Labute approximate surface area is 139 Å². The molecule has 0 unspecified atom stereocenters. The van der Waals surface area contributed by atoms with Crippen LogP contribution in [0.5, 0.6) is 0 Å². The Morgan fingerprint density at radius 2 is 1.75 bits per heavy atom. The van der Waals surface area contributed by atoms with E-state index in [-0.39, 0.29) is 19.1 Å². The number of carbonyl (C=O) groups excluding carboxylic acids is 1. The van der Waals surface area contributed by atoms with E-state index in [4.69, 9.17) is 5.73 Å². The van der Waals surface area contributed by atoms with Crippen LogP contribution in [0.25, 0.3) is 10.9 Å². The summed E-state index contributed by atoms with van der Waals surface area (Å²) < 4.78 is 0. The van der Waals surface area contributed by atoms with Crippen LogP contribution in [0, 0.1) is 0 Å². The number of anilines is 2. The fourth-order valence-electron chi connectivity index (χ4n) is 2.93. The highest BCUT2D eigenvalue weighted by Crippen LogP contribution is 2.26. The zero-order chi connectivity index (χ0) is 17.3. The molecule has 128 valence electrons.